The van der Waals surface area contributed by atoms with Gasteiger partial charge in [-0.15, -0.1) is 0 Å². The average molecular weight is 310 g/mol. The molecule has 1 saturated heterocycles. The second kappa shape index (κ2) is 6.20. The second-order valence-corrected chi connectivity index (χ2v) is 5.65. The Morgan fingerprint density at radius 3 is 2.30 bits per heavy atom. The molecule has 1 aromatic carbocycles. The van der Waals surface area contributed by atoms with Crippen LogP contribution in [0.5, 0.6) is 5.75 Å². The van der Waals surface area contributed by atoms with Gasteiger partial charge in [0.15, 0.2) is 0 Å². The van der Waals surface area contributed by atoms with Crippen molar-refractivity contribution in [3.8, 4) is 5.75 Å². The summed E-state index contributed by atoms with van der Waals surface area (Å²) in [6.07, 6.45) is 2.20. The van der Waals surface area contributed by atoms with E-state index in [2.05, 4.69) is 4.98 Å². The van der Waals surface area contributed by atoms with Crippen LogP contribution in [0, 0.1) is 6.92 Å². The summed E-state index contributed by atoms with van der Waals surface area (Å²) in [6, 6.07) is 11.1. The standard InChI is InChI=1S/C18H18N2O3/c1-12-4-3-9-19-18(12)20-16(21)10-14(11-17(20)22)13-5-7-15(23-2)8-6-13/h3-9,14H,10-11H2,1-2H3. The summed E-state index contributed by atoms with van der Waals surface area (Å²) < 4.78 is 5.14. The number of pyridine rings is 1. The summed E-state index contributed by atoms with van der Waals surface area (Å²) in [5.41, 5.74) is 1.79. The van der Waals surface area contributed by atoms with Crippen molar-refractivity contribution >= 4 is 17.6 Å². The quantitative estimate of drug-likeness (QED) is 0.818. The normalized spacial score (nSPS) is 15.8. The maximum atomic E-state index is 12.5. The van der Waals surface area contributed by atoms with Crippen molar-refractivity contribution in [2.24, 2.45) is 0 Å². The first-order chi connectivity index (χ1) is 11.1. The van der Waals surface area contributed by atoms with Crippen LogP contribution in [0.1, 0.15) is 29.9 Å². The van der Waals surface area contributed by atoms with Gasteiger partial charge in [0.2, 0.25) is 11.8 Å². The summed E-state index contributed by atoms with van der Waals surface area (Å²) in [5, 5.41) is 0. The van der Waals surface area contributed by atoms with Crippen molar-refractivity contribution in [1.29, 1.82) is 0 Å². The molecule has 0 saturated carbocycles. The number of amides is 2. The molecule has 23 heavy (non-hydrogen) atoms. The predicted octanol–water partition coefficient (Wildman–Crippen LogP) is 2.84. The SMILES string of the molecule is COc1ccc(C2CC(=O)N(c3ncccc3C)C(=O)C2)cc1. The maximum absolute atomic E-state index is 12.5. The Balaban J connectivity index is 1.83. The third-order valence-corrected chi connectivity index (χ3v) is 4.12. The molecule has 2 amide bonds. The minimum atomic E-state index is -0.205. The number of benzene rings is 1. The fourth-order valence-electron chi connectivity index (χ4n) is 2.87. The Kier molecular flexibility index (Phi) is 4.10. The van der Waals surface area contributed by atoms with E-state index in [9.17, 15) is 9.59 Å². The average Bonchev–Trinajstić information content (AvgIpc) is 2.56. The van der Waals surface area contributed by atoms with Crippen LogP contribution in [0.15, 0.2) is 42.6 Å². The fourth-order valence-corrected chi connectivity index (χ4v) is 2.87. The highest BCUT2D eigenvalue weighted by Crippen LogP contribution is 2.33. The number of piperidine rings is 1. The van der Waals surface area contributed by atoms with E-state index in [1.165, 1.54) is 4.90 Å². The lowest BCUT2D eigenvalue weighted by Crippen LogP contribution is -2.43. The molecule has 0 atom stereocenters. The van der Waals surface area contributed by atoms with E-state index in [1.807, 2.05) is 37.3 Å². The molecule has 5 nitrogen and oxygen atoms in total. The monoisotopic (exact) mass is 310 g/mol. The molecule has 1 aliphatic heterocycles. The zero-order valence-electron chi connectivity index (χ0n) is 13.2. The van der Waals surface area contributed by atoms with Gasteiger partial charge in [0.1, 0.15) is 11.6 Å². The van der Waals surface area contributed by atoms with Gasteiger partial charge in [0.05, 0.1) is 7.11 Å². The maximum Gasteiger partial charge on any atom is 0.235 e. The Morgan fingerprint density at radius 2 is 1.74 bits per heavy atom. The Hall–Kier alpha value is -2.69. The van der Waals surface area contributed by atoms with Gasteiger partial charge in [-0.1, -0.05) is 18.2 Å². The zero-order valence-corrected chi connectivity index (χ0v) is 13.2. The molecule has 3 rings (SSSR count). The molecular formula is C18H18N2O3. The van der Waals surface area contributed by atoms with Crippen molar-refractivity contribution in [3.63, 3.8) is 0 Å². The van der Waals surface area contributed by atoms with E-state index in [4.69, 9.17) is 4.74 Å². The van der Waals surface area contributed by atoms with Gasteiger partial charge in [-0.25, -0.2) is 9.88 Å². The van der Waals surface area contributed by atoms with Crippen LogP contribution in [0.3, 0.4) is 0 Å². The Bertz CT molecular complexity index is 722. The number of aromatic nitrogens is 1. The number of carbonyl (C=O) groups is 2. The van der Waals surface area contributed by atoms with Crippen LogP contribution >= 0.6 is 0 Å². The van der Waals surface area contributed by atoms with Crippen LogP contribution in [0.2, 0.25) is 0 Å². The number of anilines is 1. The Morgan fingerprint density at radius 1 is 1.09 bits per heavy atom. The molecule has 1 aromatic heterocycles. The number of nitrogens with zero attached hydrogens (tertiary/aromatic N) is 2. The number of ether oxygens (including phenoxy) is 1. The van der Waals surface area contributed by atoms with Gasteiger partial charge in [-0.3, -0.25) is 9.59 Å². The largest absolute Gasteiger partial charge is 0.497 e. The highest BCUT2D eigenvalue weighted by atomic mass is 16.5. The topological polar surface area (TPSA) is 59.5 Å². The summed E-state index contributed by atoms with van der Waals surface area (Å²) in [4.78, 5) is 30.4. The molecule has 0 spiro atoms. The number of carbonyl (C=O) groups excluding carboxylic acids is 2. The third kappa shape index (κ3) is 2.95. The van der Waals surface area contributed by atoms with E-state index in [0.29, 0.717) is 18.7 Å². The molecule has 118 valence electrons. The van der Waals surface area contributed by atoms with E-state index >= 15 is 0 Å². The number of methoxy groups -OCH3 is 1. The van der Waals surface area contributed by atoms with E-state index < -0.39 is 0 Å². The molecule has 2 aromatic rings. The highest BCUT2D eigenvalue weighted by Gasteiger charge is 2.35. The molecule has 5 heteroatoms. The number of imide groups is 1. The number of hydrogen-bond acceptors (Lipinski definition) is 4. The summed E-state index contributed by atoms with van der Waals surface area (Å²) in [5.74, 6) is 0.692. The van der Waals surface area contributed by atoms with Crippen molar-refractivity contribution in [1.82, 2.24) is 4.98 Å². The first kappa shape index (κ1) is 15.2. The van der Waals surface area contributed by atoms with Crippen molar-refractivity contribution < 1.29 is 14.3 Å². The molecule has 2 heterocycles. The minimum absolute atomic E-state index is 0.0961. The summed E-state index contributed by atoms with van der Waals surface area (Å²) >= 11 is 0. The van der Waals surface area contributed by atoms with Crippen molar-refractivity contribution in [2.75, 3.05) is 12.0 Å². The first-order valence-corrected chi connectivity index (χ1v) is 7.51. The van der Waals surface area contributed by atoms with Gasteiger partial charge < -0.3 is 4.74 Å². The van der Waals surface area contributed by atoms with E-state index in [-0.39, 0.29) is 17.7 Å². The van der Waals surface area contributed by atoms with E-state index in [0.717, 1.165) is 16.9 Å². The Labute approximate surface area is 134 Å². The smallest absolute Gasteiger partial charge is 0.235 e. The fraction of sp³-hybridized carbons (Fsp3) is 0.278. The van der Waals surface area contributed by atoms with Crippen LogP contribution in [-0.2, 0) is 9.59 Å². The molecule has 0 unspecified atom stereocenters. The minimum Gasteiger partial charge on any atom is -0.497 e. The number of aryl methyl sites for hydroxylation is 1. The third-order valence-electron chi connectivity index (χ3n) is 4.12. The molecule has 0 radical (unpaired) electrons. The summed E-state index contributed by atoms with van der Waals surface area (Å²) in [6.45, 7) is 1.85. The lowest BCUT2D eigenvalue weighted by atomic mass is 9.88. The van der Waals surface area contributed by atoms with Crippen molar-refractivity contribution in [3.05, 3.63) is 53.7 Å². The highest BCUT2D eigenvalue weighted by molar-refractivity contribution is 6.16. The van der Waals surface area contributed by atoms with Crippen LogP contribution in [-0.4, -0.2) is 23.9 Å². The van der Waals surface area contributed by atoms with Gasteiger partial charge in [0, 0.05) is 25.0 Å². The zero-order chi connectivity index (χ0) is 16.4. The van der Waals surface area contributed by atoms with Gasteiger partial charge >= 0.3 is 0 Å². The van der Waals surface area contributed by atoms with Crippen molar-refractivity contribution in [2.45, 2.75) is 25.7 Å². The lowest BCUT2D eigenvalue weighted by Gasteiger charge is -2.30. The van der Waals surface area contributed by atoms with Gasteiger partial charge in [0.25, 0.3) is 0 Å². The molecule has 1 aliphatic rings. The molecule has 0 N–H and O–H groups in total. The van der Waals surface area contributed by atoms with Crippen LogP contribution in [0.4, 0.5) is 5.82 Å². The van der Waals surface area contributed by atoms with Crippen LogP contribution in [0.25, 0.3) is 0 Å². The molecular weight excluding hydrogens is 292 g/mol. The summed E-state index contributed by atoms with van der Waals surface area (Å²) in [7, 11) is 1.61. The lowest BCUT2D eigenvalue weighted by molar-refractivity contribution is -0.129. The number of hydrogen-bond donors (Lipinski definition) is 0. The second-order valence-electron chi connectivity index (χ2n) is 5.65. The number of rotatable bonds is 3. The van der Waals surface area contributed by atoms with Gasteiger partial charge in [-0.2, -0.15) is 0 Å². The van der Waals surface area contributed by atoms with Crippen LogP contribution < -0.4 is 9.64 Å². The van der Waals surface area contributed by atoms with E-state index in [1.54, 1.807) is 19.4 Å². The first-order valence-electron chi connectivity index (χ1n) is 7.51. The molecule has 1 fully saturated rings. The van der Waals surface area contributed by atoms with Gasteiger partial charge in [-0.05, 0) is 36.2 Å². The predicted molar refractivity (Wildman–Crippen MR) is 86.4 cm³/mol. The molecule has 0 bridgehead atoms. The molecule has 0 aliphatic carbocycles.